The molecule has 0 bridgehead atoms. The average Bonchev–Trinajstić information content (AvgIpc) is 3.01. The van der Waals surface area contributed by atoms with E-state index >= 15 is 0 Å². The summed E-state index contributed by atoms with van der Waals surface area (Å²) in [5.41, 5.74) is -0.345. The van der Waals surface area contributed by atoms with Gasteiger partial charge in [-0.3, -0.25) is 14.2 Å². The number of aliphatic hydroxyl groups is 1. The van der Waals surface area contributed by atoms with E-state index < -0.39 is 23.2 Å². The first-order valence-electron chi connectivity index (χ1n) is 11.8. The Hall–Kier alpha value is -2.35. The fraction of sp³-hybridized carbons (Fsp3) is 0.615. The van der Waals surface area contributed by atoms with Gasteiger partial charge in [-0.2, -0.15) is 18.2 Å². The number of unbranched alkanes of at least 4 members (excludes halogenated alkanes) is 2. The van der Waals surface area contributed by atoms with Crippen molar-refractivity contribution >= 4 is 5.91 Å². The third kappa shape index (κ3) is 7.32. The number of aryl methyl sites for hydroxylation is 1. The fourth-order valence-electron chi connectivity index (χ4n) is 3.92. The molecular weight excluding hydrogens is 443 g/mol. The van der Waals surface area contributed by atoms with Crippen molar-refractivity contribution in [3.63, 3.8) is 0 Å². The highest BCUT2D eigenvalue weighted by Gasteiger charge is 2.32. The molecule has 1 N–H and O–H groups in total. The number of nitrogens with zero attached hydrogens (tertiary/aromatic N) is 3. The molecule has 0 radical (unpaired) electrons. The minimum Gasteiger partial charge on any atom is -0.390 e. The number of hydrogen-bond acceptors (Lipinski definition) is 2. The van der Waals surface area contributed by atoms with Crippen molar-refractivity contribution in [3.8, 4) is 0 Å². The molecule has 8 heteroatoms. The minimum atomic E-state index is -4.57. The van der Waals surface area contributed by atoms with E-state index in [1.165, 1.54) is 6.07 Å². The van der Waals surface area contributed by atoms with Crippen molar-refractivity contribution < 1.29 is 23.1 Å². The Labute approximate surface area is 200 Å². The second-order valence-electron chi connectivity index (χ2n) is 10.6. The van der Waals surface area contributed by atoms with E-state index in [2.05, 4.69) is 32.7 Å². The Bertz CT molecular complexity index is 1060. The maximum atomic E-state index is 13.4. The van der Waals surface area contributed by atoms with Gasteiger partial charge in [-0.25, -0.2) is 0 Å². The number of hydrogen-bond donors (Lipinski definition) is 1. The van der Waals surface area contributed by atoms with Crippen LogP contribution in [0.15, 0.2) is 29.3 Å². The molecule has 1 heterocycles. The second kappa shape index (κ2) is 10.5. The summed E-state index contributed by atoms with van der Waals surface area (Å²) in [5, 5.41) is 10.1. The Morgan fingerprint density at radius 2 is 1.71 bits per heavy atom. The van der Waals surface area contributed by atoms with Crippen LogP contribution in [0, 0.1) is 0 Å². The first kappa shape index (κ1) is 27.9. The zero-order chi connectivity index (χ0) is 25.9. The van der Waals surface area contributed by atoms with Gasteiger partial charge >= 0.3 is 6.18 Å². The summed E-state index contributed by atoms with van der Waals surface area (Å²) in [6.45, 7) is 12.2. The van der Waals surface area contributed by atoms with Crippen LogP contribution < -0.4 is 5.49 Å². The number of halogens is 3. The summed E-state index contributed by atoms with van der Waals surface area (Å²) in [6.07, 6.45) is -1.05. The summed E-state index contributed by atoms with van der Waals surface area (Å²) < 4.78 is 44.1. The molecule has 1 aromatic carbocycles. The van der Waals surface area contributed by atoms with E-state index in [0.717, 1.165) is 37.1 Å². The van der Waals surface area contributed by atoms with Gasteiger partial charge in [0.05, 0.1) is 11.2 Å². The molecule has 0 aliphatic carbocycles. The van der Waals surface area contributed by atoms with Gasteiger partial charge in [-0.15, -0.1) is 0 Å². The van der Waals surface area contributed by atoms with Crippen molar-refractivity contribution in [1.82, 2.24) is 9.36 Å². The van der Waals surface area contributed by atoms with Crippen molar-refractivity contribution in [1.29, 1.82) is 0 Å². The van der Waals surface area contributed by atoms with Gasteiger partial charge in [-0.1, -0.05) is 46.6 Å². The van der Waals surface area contributed by atoms with Gasteiger partial charge in [0.1, 0.15) is 0 Å². The van der Waals surface area contributed by atoms with E-state index in [0.29, 0.717) is 24.0 Å². The molecule has 0 aliphatic rings. The maximum absolute atomic E-state index is 13.4. The number of amides is 1. The van der Waals surface area contributed by atoms with Crippen LogP contribution >= 0.6 is 0 Å². The molecule has 34 heavy (non-hydrogen) atoms. The van der Waals surface area contributed by atoms with E-state index in [1.54, 1.807) is 13.8 Å². The number of carbonyl (C=O) groups excluding carboxylic acids is 1. The third-order valence-electron chi connectivity index (χ3n) is 5.87. The SMILES string of the molecule is CCCCCn1c(=NC(=O)c2cc(C(F)(F)F)ccc2CCC(C)(C)O)cc(C(C)(C)C)n1C. The molecule has 0 saturated carbocycles. The van der Waals surface area contributed by atoms with Crippen LogP contribution in [-0.2, 0) is 31.6 Å². The molecule has 5 nitrogen and oxygen atoms in total. The van der Waals surface area contributed by atoms with Crippen LogP contribution in [0.3, 0.4) is 0 Å². The summed E-state index contributed by atoms with van der Waals surface area (Å²) in [7, 11) is 1.91. The lowest BCUT2D eigenvalue weighted by atomic mass is 9.92. The smallest absolute Gasteiger partial charge is 0.390 e. The Kier molecular flexibility index (Phi) is 8.62. The van der Waals surface area contributed by atoms with E-state index in [4.69, 9.17) is 0 Å². The molecule has 1 amide bonds. The average molecular weight is 482 g/mol. The first-order chi connectivity index (χ1) is 15.5. The number of benzene rings is 1. The fourth-order valence-corrected chi connectivity index (χ4v) is 3.92. The van der Waals surface area contributed by atoms with Crippen molar-refractivity contribution in [2.45, 2.75) is 97.4 Å². The van der Waals surface area contributed by atoms with Crippen LogP contribution in [0.4, 0.5) is 13.2 Å². The van der Waals surface area contributed by atoms with Gasteiger partial charge in [0.15, 0.2) is 5.49 Å². The minimum absolute atomic E-state index is 0.0830. The molecule has 0 atom stereocenters. The van der Waals surface area contributed by atoms with Crippen LogP contribution in [0.25, 0.3) is 0 Å². The van der Waals surface area contributed by atoms with Gasteiger partial charge < -0.3 is 5.11 Å². The lowest BCUT2D eigenvalue weighted by molar-refractivity contribution is -0.137. The molecule has 2 aromatic rings. The summed E-state index contributed by atoms with van der Waals surface area (Å²) in [4.78, 5) is 17.6. The van der Waals surface area contributed by atoms with Gasteiger partial charge in [0.2, 0.25) is 0 Å². The van der Waals surface area contributed by atoms with Gasteiger partial charge in [0.25, 0.3) is 5.91 Å². The van der Waals surface area contributed by atoms with Crippen LogP contribution in [0.2, 0.25) is 0 Å². The summed E-state index contributed by atoms with van der Waals surface area (Å²) in [5.74, 6) is -0.716. The molecule has 0 fully saturated rings. The Morgan fingerprint density at radius 3 is 2.24 bits per heavy atom. The first-order valence-corrected chi connectivity index (χ1v) is 11.8. The molecule has 0 unspecified atom stereocenters. The Morgan fingerprint density at radius 1 is 1.06 bits per heavy atom. The highest BCUT2D eigenvalue weighted by atomic mass is 19.4. The van der Waals surface area contributed by atoms with Gasteiger partial charge in [0, 0.05) is 36.3 Å². The third-order valence-corrected chi connectivity index (χ3v) is 5.87. The second-order valence-corrected chi connectivity index (χ2v) is 10.6. The molecule has 0 saturated heterocycles. The van der Waals surface area contributed by atoms with E-state index in [9.17, 15) is 23.1 Å². The molecule has 190 valence electrons. The van der Waals surface area contributed by atoms with Crippen molar-refractivity contribution in [3.05, 3.63) is 52.1 Å². The van der Waals surface area contributed by atoms with Crippen LogP contribution in [-0.4, -0.2) is 26.0 Å². The van der Waals surface area contributed by atoms with Crippen LogP contribution in [0.5, 0.6) is 0 Å². The predicted octanol–water partition coefficient (Wildman–Crippen LogP) is 5.78. The lowest BCUT2D eigenvalue weighted by Crippen LogP contribution is -2.26. The quantitative estimate of drug-likeness (QED) is 0.486. The van der Waals surface area contributed by atoms with Gasteiger partial charge in [-0.05, 0) is 50.8 Å². The summed E-state index contributed by atoms with van der Waals surface area (Å²) in [6, 6.07) is 5.01. The Balaban J connectivity index is 2.62. The normalized spacial score (nSPS) is 13.6. The highest BCUT2D eigenvalue weighted by molar-refractivity contribution is 5.96. The van der Waals surface area contributed by atoms with Crippen molar-refractivity contribution in [2.75, 3.05) is 0 Å². The maximum Gasteiger partial charge on any atom is 0.416 e. The zero-order valence-electron chi connectivity index (χ0n) is 21.4. The zero-order valence-corrected chi connectivity index (χ0v) is 21.4. The highest BCUT2D eigenvalue weighted by Crippen LogP contribution is 2.31. The lowest BCUT2D eigenvalue weighted by Gasteiger charge is -2.20. The molecule has 1 aromatic heterocycles. The van der Waals surface area contributed by atoms with E-state index in [1.807, 2.05) is 22.5 Å². The molecule has 0 aliphatic heterocycles. The topological polar surface area (TPSA) is 59.5 Å². The summed E-state index contributed by atoms with van der Waals surface area (Å²) >= 11 is 0. The number of rotatable bonds is 8. The number of alkyl halides is 3. The largest absolute Gasteiger partial charge is 0.416 e. The number of carbonyl (C=O) groups is 1. The van der Waals surface area contributed by atoms with Crippen molar-refractivity contribution in [2.24, 2.45) is 12.0 Å². The molecule has 0 spiro atoms. The van der Waals surface area contributed by atoms with Crippen LogP contribution in [0.1, 0.15) is 94.4 Å². The molecular formula is C26H38F3N3O2. The molecule has 2 rings (SSSR count). The number of aromatic nitrogens is 2. The monoisotopic (exact) mass is 481 g/mol. The van der Waals surface area contributed by atoms with E-state index in [-0.39, 0.29) is 17.4 Å². The standard InChI is InChI=1S/C26H38F3N3O2/c1-8-9-10-15-32-22(17-21(31(32)7)24(2,3)4)30-23(33)20-16-19(26(27,28)29)12-11-18(20)13-14-25(5,6)34/h11-12,16-17,34H,8-10,13-15H2,1-7H3. The predicted molar refractivity (Wildman–Crippen MR) is 128 cm³/mol.